The van der Waals surface area contributed by atoms with Crippen LogP contribution in [0.25, 0.3) is 21.9 Å². The fourth-order valence-electron chi connectivity index (χ4n) is 4.60. The van der Waals surface area contributed by atoms with E-state index in [0.717, 1.165) is 28.9 Å². The maximum atomic E-state index is 13.8. The van der Waals surface area contributed by atoms with Gasteiger partial charge in [0.25, 0.3) is 5.91 Å². The lowest BCUT2D eigenvalue weighted by Crippen LogP contribution is -2.38. The molecule has 1 N–H and O–H groups in total. The molecule has 1 saturated carbocycles. The minimum atomic E-state index is -3.80. The van der Waals surface area contributed by atoms with Crippen LogP contribution in [-0.4, -0.2) is 50.5 Å². The Bertz CT molecular complexity index is 1590. The lowest BCUT2D eigenvalue weighted by Gasteiger charge is -2.22. The average molecular weight is 496 g/mol. The molecule has 0 unspecified atom stereocenters. The maximum Gasteiger partial charge on any atom is 0.329 e. The first kappa shape index (κ1) is 23.3. The molecule has 0 radical (unpaired) electrons. The van der Waals surface area contributed by atoms with Gasteiger partial charge in [0.05, 0.1) is 35.6 Å². The molecule has 0 saturated heterocycles. The van der Waals surface area contributed by atoms with E-state index < -0.39 is 15.9 Å². The topological polar surface area (TPSA) is 110 Å². The van der Waals surface area contributed by atoms with Crippen molar-refractivity contribution in [2.45, 2.75) is 45.7 Å². The van der Waals surface area contributed by atoms with Crippen molar-refractivity contribution in [1.29, 1.82) is 0 Å². The summed E-state index contributed by atoms with van der Waals surface area (Å²) in [6.07, 6.45) is 6.84. The first-order valence-corrected chi connectivity index (χ1v) is 13.7. The van der Waals surface area contributed by atoms with Gasteiger partial charge in [-0.15, -0.1) is 0 Å². The molecule has 4 aromatic rings. The molecule has 3 aromatic heterocycles. The Morgan fingerprint density at radius 2 is 1.94 bits per heavy atom. The highest BCUT2D eigenvalue weighted by molar-refractivity contribution is 7.88. The van der Waals surface area contributed by atoms with E-state index in [4.69, 9.17) is 0 Å². The molecule has 1 aliphatic rings. The smallest absolute Gasteiger partial charge is 0.329 e. The SMILES string of the molecule is CC(C)CCN(C(=O)c1c(Cn2c(=O)n(C3CC3)c3ccncc32)[nH]c2ccccc12)S(C)(=O)=O. The molecule has 184 valence electrons. The van der Waals surface area contributed by atoms with E-state index in [2.05, 4.69) is 9.97 Å². The fraction of sp³-hybridized carbons (Fsp3) is 0.400. The third-order valence-corrected chi connectivity index (χ3v) is 7.68. The van der Waals surface area contributed by atoms with Gasteiger partial charge < -0.3 is 4.98 Å². The Morgan fingerprint density at radius 3 is 2.63 bits per heavy atom. The van der Waals surface area contributed by atoms with E-state index in [1.807, 2.05) is 38.1 Å². The number of aromatic nitrogens is 4. The number of hydrogen-bond acceptors (Lipinski definition) is 5. The van der Waals surface area contributed by atoms with Crippen LogP contribution < -0.4 is 5.69 Å². The van der Waals surface area contributed by atoms with E-state index in [9.17, 15) is 18.0 Å². The number of benzene rings is 1. The summed E-state index contributed by atoms with van der Waals surface area (Å²) >= 11 is 0. The largest absolute Gasteiger partial charge is 0.356 e. The molecule has 3 heterocycles. The first-order chi connectivity index (χ1) is 16.7. The van der Waals surface area contributed by atoms with Crippen molar-refractivity contribution in [3.63, 3.8) is 0 Å². The van der Waals surface area contributed by atoms with E-state index in [0.29, 0.717) is 28.5 Å². The third-order valence-electron chi connectivity index (χ3n) is 6.53. The summed E-state index contributed by atoms with van der Waals surface area (Å²) in [5, 5.41) is 0.628. The van der Waals surface area contributed by atoms with Crippen LogP contribution >= 0.6 is 0 Å². The predicted molar refractivity (Wildman–Crippen MR) is 135 cm³/mol. The Hall–Kier alpha value is -3.40. The van der Waals surface area contributed by atoms with E-state index in [1.165, 1.54) is 0 Å². The summed E-state index contributed by atoms with van der Waals surface area (Å²) in [4.78, 5) is 34.7. The highest BCUT2D eigenvalue weighted by Crippen LogP contribution is 2.36. The van der Waals surface area contributed by atoms with Crippen LogP contribution in [0.1, 0.15) is 55.2 Å². The van der Waals surface area contributed by atoms with Gasteiger partial charge >= 0.3 is 5.69 Å². The predicted octanol–water partition coefficient (Wildman–Crippen LogP) is 3.51. The number of H-pyrrole nitrogens is 1. The van der Waals surface area contributed by atoms with E-state index in [-0.39, 0.29) is 36.3 Å². The van der Waals surface area contributed by atoms with Gasteiger partial charge in [0, 0.05) is 35.4 Å². The lowest BCUT2D eigenvalue weighted by molar-refractivity contribution is 0.0859. The van der Waals surface area contributed by atoms with Gasteiger partial charge in [-0.3, -0.25) is 18.9 Å². The molecule has 0 atom stereocenters. The molecule has 0 bridgehead atoms. The molecule has 1 fully saturated rings. The van der Waals surface area contributed by atoms with Crippen molar-refractivity contribution in [2.75, 3.05) is 12.8 Å². The molecule has 0 aliphatic heterocycles. The molecule has 1 amide bonds. The molecule has 35 heavy (non-hydrogen) atoms. The number of rotatable bonds is 8. The second kappa shape index (κ2) is 8.67. The molecule has 9 nitrogen and oxygen atoms in total. The number of carbonyl (C=O) groups excluding carboxylic acids is 1. The highest BCUT2D eigenvalue weighted by Gasteiger charge is 2.32. The van der Waals surface area contributed by atoms with Crippen molar-refractivity contribution < 1.29 is 13.2 Å². The molecule has 1 aromatic carbocycles. The van der Waals surface area contributed by atoms with Gasteiger partial charge in [0.15, 0.2) is 0 Å². The number of fused-ring (bicyclic) bond motifs is 2. The maximum absolute atomic E-state index is 13.8. The monoisotopic (exact) mass is 495 g/mol. The number of sulfonamides is 1. The fourth-order valence-corrected chi connectivity index (χ4v) is 5.43. The number of nitrogens with one attached hydrogen (secondary N) is 1. The van der Waals surface area contributed by atoms with Crippen LogP contribution in [-0.2, 0) is 16.6 Å². The number of nitrogens with zero attached hydrogens (tertiary/aromatic N) is 4. The zero-order chi connectivity index (χ0) is 24.9. The van der Waals surface area contributed by atoms with Gasteiger partial charge in [-0.25, -0.2) is 17.5 Å². The van der Waals surface area contributed by atoms with Crippen LogP contribution in [0.4, 0.5) is 0 Å². The molecule has 5 rings (SSSR count). The molecule has 0 spiro atoms. The molecular weight excluding hydrogens is 466 g/mol. The summed E-state index contributed by atoms with van der Waals surface area (Å²) < 4.78 is 29.6. The lowest BCUT2D eigenvalue weighted by atomic mass is 10.1. The Morgan fingerprint density at radius 1 is 1.20 bits per heavy atom. The van der Waals surface area contributed by atoms with Gasteiger partial charge in [-0.2, -0.15) is 0 Å². The molecular formula is C25H29N5O4S. The van der Waals surface area contributed by atoms with Gasteiger partial charge in [0.2, 0.25) is 10.0 Å². The first-order valence-electron chi connectivity index (χ1n) is 11.8. The van der Waals surface area contributed by atoms with Crippen LogP contribution in [0.3, 0.4) is 0 Å². The summed E-state index contributed by atoms with van der Waals surface area (Å²) in [6.45, 7) is 4.16. The minimum absolute atomic E-state index is 0.0955. The van der Waals surface area contributed by atoms with Crippen LogP contribution in [0, 0.1) is 5.92 Å². The second-order valence-corrected chi connectivity index (χ2v) is 11.6. The Kier molecular flexibility index (Phi) is 5.79. The zero-order valence-corrected chi connectivity index (χ0v) is 20.9. The number of pyridine rings is 1. The standard InChI is InChI=1S/C25H29N5O4S/c1-16(2)11-13-29(35(3,33)34)24(31)23-18-6-4-5-7-19(18)27-20(23)15-28-22-14-26-12-10-21(22)30(25(28)32)17-8-9-17/h4-7,10,12,14,16-17,27H,8-9,11,13,15H2,1-3H3. The number of hydrogen-bond donors (Lipinski definition) is 1. The van der Waals surface area contributed by atoms with Crippen molar-refractivity contribution in [1.82, 2.24) is 23.4 Å². The Labute approximate surface area is 203 Å². The summed E-state index contributed by atoms with van der Waals surface area (Å²) in [6, 6.07) is 9.30. The number of para-hydroxylation sites is 1. The van der Waals surface area contributed by atoms with Gasteiger partial charge in [0.1, 0.15) is 0 Å². The van der Waals surface area contributed by atoms with Crippen LogP contribution in [0.2, 0.25) is 0 Å². The normalized spacial score (nSPS) is 14.3. The van der Waals surface area contributed by atoms with Gasteiger partial charge in [-0.1, -0.05) is 32.0 Å². The number of aromatic amines is 1. The van der Waals surface area contributed by atoms with Crippen molar-refractivity contribution in [2.24, 2.45) is 5.92 Å². The summed E-state index contributed by atoms with van der Waals surface area (Å²) in [5.41, 5.74) is 2.81. The molecule has 10 heteroatoms. The van der Waals surface area contributed by atoms with Gasteiger partial charge in [-0.05, 0) is 37.3 Å². The molecule has 1 aliphatic carbocycles. The van der Waals surface area contributed by atoms with E-state index >= 15 is 0 Å². The highest BCUT2D eigenvalue weighted by atomic mass is 32.2. The quantitative estimate of drug-likeness (QED) is 0.402. The second-order valence-electron chi connectivity index (χ2n) is 9.68. The average Bonchev–Trinajstić information content (AvgIpc) is 3.50. The van der Waals surface area contributed by atoms with Crippen molar-refractivity contribution >= 4 is 37.9 Å². The number of imidazole rings is 1. The van der Waals surface area contributed by atoms with E-state index in [1.54, 1.807) is 27.6 Å². The van der Waals surface area contributed by atoms with Crippen LogP contribution in [0.5, 0.6) is 0 Å². The van der Waals surface area contributed by atoms with Crippen molar-refractivity contribution in [3.8, 4) is 0 Å². The Balaban J connectivity index is 1.65. The van der Waals surface area contributed by atoms with Crippen LogP contribution in [0.15, 0.2) is 47.5 Å². The zero-order valence-electron chi connectivity index (χ0n) is 20.1. The third kappa shape index (κ3) is 4.27. The minimum Gasteiger partial charge on any atom is -0.356 e. The number of carbonyl (C=O) groups is 1. The summed E-state index contributed by atoms with van der Waals surface area (Å²) in [5.74, 6) is -0.355. The van der Waals surface area contributed by atoms with Crippen molar-refractivity contribution in [3.05, 3.63) is 64.5 Å². The number of amides is 1. The summed E-state index contributed by atoms with van der Waals surface area (Å²) in [7, 11) is -3.80.